The molecule has 0 spiro atoms. The Bertz CT molecular complexity index is 447. The third kappa shape index (κ3) is 2.56. The van der Waals surface area contributed by atoms with Gasteiger partial charge in [0.15, 0.2) is 0 Å². The summed E-state index contributed by atoms with van der Waals surface area (Å²) in [6.45, 7) is 5.75. The fraction of sp³-hybridized carbons (Fsp3) is 0.357. The molecular formula is C14H18N2O. The van der Waals surface area contributed by atoms with Gasteiger partial charge in [0, 0.05) is 18.7 Å². The second-order valence-corrected chi connectivity index (χ2v) is 4.35. The average molecular weight is 230 g/mol. The Kier molecular flexibility index (Phi) is 3.59. The first-order chi connectivity index (χ1) is 8.22. The second-order valence-electron chi connectivity index (χ2n) is 4.35. The van der Waals surface area contributed by atoms with Crippen molar-refractivity contribution in [3.8, 4) is 0 Å². The Morgan fingerprint density at radius 3 is 2.53 bits per heavy atom. The lowest BCUT2D eigenvalue weighted by molar-refractivity contribution is 0.0923. The van der Waals surface area contributed by atoms with Crippen LogP contribution >= 0.6 is 0 Å². The van der Waals surface area contributed by atoms with Crippen LogP contribution in [0.3, 0.4) is 0 Å². The average Bonchev–Trinajstić information content (AvgIpc) is 2.32. The van der Waals surface area contributed by atoms with Crippen molar-refractivity contribution in [1.29, 1.82) is 0 Å². The number of nitrogens with one attached hydrogen (secondary N) is 2. The molecule has 0 aliphatic carbocycles. The minimum absolute atomic E-state index is 0.0216. The van der Waals surface area contributed by atoms with Gasteiger partial charge in [-0.15, -0.1) is 0 Å². The summed E-state index contributed by atoms with van der Waals surface area (Å²) >= 11 is 0. The Morgan fingerprint density at radius 2 is 2.00 bits per heavy atom. The molecule has 1 aliphatic rings. The molecule has 0 atom stereocenters. The van der Waals surface area contributed by atoms with Gasteiger partial charge < -0.3 is 10.6 Å². The number of hydrogen-bond donors (Lipinski definition) is 2. The van der Waals surface area contributed by atoms with E-state index in [4.69, 9.17) is 0 Å². The molecule has 0 aromatic heterocycles. The minimum atomic E-state index is 0.0216. The first kappa shape index (κ1) is 11.9. The fourth-order valence-electron chi connectivity index (χ4n) is 1.83. The highest BCUT2D eigenvalue weighted by Gasteiger charge is 2.20. The molecule has 1 amide bonds. The summed E-state index contributed by atoms with van der Waals surface area (Å²) in [5.41, 5.74) is 2.90. The molecule has 1 saturated heterocycles. The van der Waals surface area contributed by atoms with Crippen LogP contribution in [0.15, 0.2) is 30.3 Å². The third-order valence-electron chi connectivity index (χ3n) is 3.15. The van der Waals surface area contributed by atoms with Crippen LogP contribution in [0.25, 0.3) is 5.57 Å². The topological polar surface area (TPSA) is 41.1 Å². The van der Waals surface area contributed by atoms with Gasteiger partial charge in [0.05, 0.1) is 6.04 Å². The Balaban J connectivity index is 2.21. The molecule has 0 radical (unpaired) electrons. The monoisotopic (exact) mass is 230 g/mol. The van der Waals surface area contributed by atoms with Crippen LogP contribution in [-0.2, 0) is 0 Å². The van der Waals surface area contributed by atoms with Gasteiger partial charge in [0.25, 0.3) is 5.91 Å². The molecule has 1 aromatic rings. The lowest BCUT2D eigenvalue weighted by atomic mass is 9.99. The number of hydrogen-bond acceptors (Lipinski definition) is 2. The first-order valence-corrected chi connectivity index (χ1v) is 5.96. The van der Waals surface area contributed by atoms with Gasteiger partial charge in [-0.25, -0.2) is 0 Å². The summed E-state index contributed by atoms with van der Waals surface area (Å²) < 4.78 is 0. The van der Waals surface area contributed by atoms with Crippen LogP contribution in [-0.4, -0.2) is 25.0 Å². The van der Waals surface area contributed by atoms with Crippen molar-refractivity contribution in [2.45, 2.75) is 19.9 Å². The van der Waals surface area contributed by atoms with Gasteiger partial charge in [-0.3, -0.25) is 4.79 Å². The van der Waals surface area contributed by atoms with Gasteiger partial charge in [-0.05, 0) is 31.1 Å². The van der Waals surface area contributed by atoms with Crippen LogP contribution < -0.4 is 10.6 Å². The van der Waals surface area contributed by atoms with Gasteiger partial charge in [0.1, 0.15) is 0 Å². The van der Waals surface area contributed by atoms with E-state index in [1.807, 2.05) is 44.2 Å². The van der Waals surface area contributed by atoms with Crippen molar-refractivity contribution in [3.05, 3.63) is 41.5 Å². The van der Waals surface area contributed by atoms with E-state index < -0.39 is 0 Å². The lowest BCUT2D eigenvalue weighted by Crippen LogP contribution is -2.57. The fourth-order valence-corrected chi connectivity index (χ4v) is 1.83. The van der Waals surface area contributed by atoms with Crippen molar-refractivity contribution in [2.75, 3.05) is 13.1 Å². The van der Waals surface area contributed by atoms with E-state index in [0.717, 1.165) is 29.8 Å². The highest BCUT2D eigenvalue weighted by Crippen LogP contribution is 2.18. The van der Waals surface area contributed by atoms with Crippen molar-refractivity contribution in [1.82, 2.24) is 10.6 Å². The smallest absolute Gasteiger partial charge is 0.252 e. The van der Waals surface area contributed by atoms with Gasteiger partial charge in [-0.1, -0.05) is 24.3 Å². The van der Waals surface area contributed by atoms with Gasteiger partial charge in [-0.2, -0.15) is 0 Å². The predicted molar refractivity (Wildman–Crippen MR) is 69.9 cm³/mol. The Morgan fingerprint density at radius 1 is 1.35 bits per heavy atom. The highest BCUT2D eigenvalue weighted by atomic mass is 16.1. The maximum absolute atomic E-state index is 12.1. The molecule has 1 fully saturated rings. The molecule has 17 heavy (non-hydrogen) atoms. The van der Waals surface area contributed by atoms with E-state index in [-0.39, 0.29) is 11.9 Å². The normalized spacial score (nSPS) is 16.5. The van der Waals surface area contributed by atoms with E-state index in [2.05, 4.69) is 10.6 Å². The van der Waals surface area contributed by atoms with E-state index in [1.165, 1.54) is 0 Å². The van der Waals surface area contributed by atoms with E-state index in [0.29, 0.717) is 0 Å². The summed E-state index contributed by atoms with van der Waals surface area (Å²) in [4.78, 5) is 12.1. The van der Waals surface area contributed by atoms with Crippen molar-refractivity contribution in [3.63, 3.8) is 0 Å². The highest BCUT2D eigenvalue weighted by molar-refractivity contribution is 5.99. The van der Waals surface area contributed by atoms with Gasteiger partial charge in [0.2, 0.25) is 0 Å². The molecule has 1 aliphatic heterocycles. The zero-order valence-corrected chi connectivity index (χ0v) is 10.3. The summed E-state index contributed by atoms with van der Waals surface area (Å²) in [5.74, 6) is 0.0216. The largest absolute Gasteiger partial charge is 0.347 e. The molecule has 90 valence electrons. The summed E-state index contributed by atoms with van der Waals surface area (Å²) in [6, 6.07) is 8.01. The standard InChI is InChI=1S/C14H18N2O/c1-3-10(2)12-6-4-5-7-13(12)14(17)16-11-8-15-9-11/h3-7,11,15H,8-9H2,1-2H3,(H,16,17)/b10-3+. The van der Waals surface area contributed by atoms with E-state index in [1.54, 1.807) is 0 Å². The van der Waals surface area contributed by atoms with Crippen molar-refractivity contribution >= 4 is 11.5 Å². The van der Waals surface area contributed by atoms with Crippen LogP contribution in [0.5, 0.6) is 0 Å². The summed E-state index contributed by atoms with van der Waals surface area (Å²) in [5, 5.41) is 6.16. The molecule has 2 rings (SSSR count). The van der Waals surface area contributed by atoms with E-state index >= 15 is 0 Å². The molecule has 1 aromatic carbocycles. The molecule has 0 bridgehead atoms. The zero-order valence-electron chi connectivity index (χ0n) is 10.3. The molecule has 0 saturated carbocycles. The zero-order chi connectivity index (χ0) is 12.3. The van der Waals surface area contributed by atoms with Gasteiger partial charge >= 0.3 is 0 Å². The number of allylic oxidation sites excluding steroid dienone is 2. The molecule has 3 heteroatoms. The SMILES string of the molecule is C/C=C(\C)c1ccccc1C(=O)NC1CNC1. The predicted octanol–water partition coefficient (Wildman–Crippen LogP) is 1.81. The maximum atomic E-state index is 12.1. The number of carbonyl (C=O) groups excluding carboxylic acids is 1. The Labute approximate surface area is 102 Å². The molecular weight excluding hydrogens is 212 g/mol. The third-order valence-corrected chi connectivity index (χ3v) is 3.15. The van der Waals surface area contributed by atoms with Crippen LogP contribution in [0.2, 0.25) is 0 Å². The minimum Gasteiger partial charge on any atom is -0.347 e. The number of carbonyl (C=O) groups is 1. The van der Waals surface area contributed by atoms with Crippen molar-refractivity contribution in [2.24, 2.45) is 0 Å². The van der Waals surface area contributed by atoms with Crippen molar-refractivity contribution < 1.29 is 4.79 Å². The van der Waals surface area contributed by atoms with Crippen LogP contribution in [0.1, 0.15) is 29.8 Å². The molecule has 1 heterocycles. The second kappa shape index (κ2) is 5.15. The Hall–Kier alpha value is -1.61. The van der Waals surface area contributed by atoms with Crippen LogP contribution in [0, 0.1) is 0 Å². The lowest BCUT2D eigenvalue weighted by Gasteiger charge is -2.28. The quantitative estimate of drug-likeness (QED) is 0.831. The number of amides is 1. The number of rotatable bonds is 3. The summed E-state index contributed by atoms with van der Waals surface area (Å²) in [7, 11) is 0. The van der Waals surface area contributed by atoms with E-state index in [9.17, 15) is 4.79 Å². The maximum Gasteiger partial charge on any atom is 0.252 e. The molecule has 3 nitrogen and oxygen atoms in total. The molecule has 0 unspecified atom stereocenters. The number of benzene rings is 1. The summed E-state index contributed by atoms with van der Waals surface area (Å²) in [6.07, 6.45) is 2.02. The first-order valence-electron chi connectivity index (χ1n) is 5.96. The van der Waals surface area contributed by atoms with Crippen LogP contribution in [0.4, 0.5) is 0 Å². The molecule has 2 N–H and O–H groups in total.